The van der Waals surface area contributed by atoms with Crippen molar-refractivity contribution in [3.8, 4) is 0 Å². The van der Waals surface area contributed by atoms with Gasteiger partial charge in [0.1, 0.15) is 0 Å². The first-order chi connectivity index (χ1) is 15.6. The van der Waals surface area contributed by atoms with Crippen LogP contribution in [0.4, 0.5) is 0 Å². The molecule has 4 nitrogen and oxygen atoms in total. The van der Waals surface area contributed by atoms with Crippen molar-refractivity contribution < 1.29 is 20.1 Å². The van der Waals surface area contributed by atoms with E-state index in [1.807, 2.05) is 6.08 Å². The van der Waals surface area contributed by atoms with Gasteiger partial charge in [0.25, 0.3) is 0 Å². The fraction of sp³-hybridized carbons (Fsp3) is 0.833. The van der Waals surface area contributed by atoms with Gasteiger partial charge in [-0.05, 0) is 105 Å². The van der Waals surface area contributed by atoms with E-state index >= 15 is 0 Å². The standard InChI is InChI=1S/C30H48O4/c1-26(2,34)15-8-9-19(25(32)33)20-12-17-30(7)22-10-11-23-27(3,4)24(31)14-16-28(23,5)21(22)13-18-29(20,30)6/h8,15,19-20,23-24,31,34H,9-14,16-18H2,1-7H3,(H,32,33)/b15-8+/t19-,20-,23-,24+,28-,29-,30+/m1/s1. The quantitative estimate of drug-likeness (QED) is 0.398. The smallest absolute Gasteiger partial charge is 0.307 e. The summed E-state index contributed by atoms with van der Waals surface area (Å²) in [6, 6.07) is 0. The molecule has 4 aliphatic carbocycles. The molecule has 0 aliphatic heterocycles. The van der Waals surface area contributed by atoms with Crippen LogP contribution in [0.25, 0.3) is 0 Å². The average Bonchev–Trinajstić information content (AvgIpc) is 2.99. The predicted octanol–water partition coefficient (Wildman–Crippen LogP) is 6.51. The van der Waals surface area contributed by atoms with Gasteiger partial charge < -0.3 is 15.3 Å². The molecule has 0 radical (unpaired) electrons. The van der Waals surface area contributed by atoms with Crippen LogP contribution in [0.1, 0.15) is 106 Å². The number of aliphatic carboxylic acids is 1. The van der Waals surface area contributed by atoms with Crippen LogP contribution in [0.5, 0.6) is 0 Å². The summed E-state index contributed by atoms with van der Waals surface area (Å²) in [5.74, 6) is -0.463. The molecule has 0 heterocycles. The Morgan fingerprint density at radius 3 is 2.32 bits per heavy atom. The van der Waals surface area contributed by atoms with E-state index in [-0.39, 0.29) is 33.7 Å². The van der Waals surface area contributed by atoms with Gasteiger partial charge in [0, 0.05) is 0 Å². The van der Waals surface area contributed by atoms with Crippen LogP contribution in [0, 0.1) is 39.4 Å². The summed E-state index contributed by atoms with van der Waals surface area (Å²) in [5, 5.41) is 31.1. The Labute approximate surface area is 206 Å². The number of fused-ring (bicyclic) bond motifs is 4. The van der Waals surface area contributed by atoms with E-state index in [1.165, 1.54) is 0 Å². The lowest BCUT2D eigenvalue weighted by Gasteiger charge is -2.62. The van der Waals surface area contributed by atoms with Crippen molar-refractivity contribution in [1.29, 1.82) is 0 Å². The summed E-state index contributed by atoms with van der Waals surface area (Å²) < 4.78 is 0. The maximum absolute atomic E-state index is 12.5. The van der Waals surface area contributed by atoms with Gasteiger partial charge in [-0.1, -0.05) is 57.9 Å². The second-order valence-electron chi connectivity index (χ2n) is 14.0. The largest absolute Gasteiger partial charge is 0.481 e. The molecule has 4 aliphatic rings. The molecule has 2 saturated carbocycles. The number of rotatable bonds is 5. The molecule has 0 unspecified atom stereocenters. The molecular formula is C30H48O4. The van der Waals surface area contributed by atoms with Crippen molar-refractivity contribution in [2.24, 2.45) is 39.4 Å². The van der Waals surface area contributed by atoms with E-state index in [9.17, 15) is 20.1 Å². The zero-order valence-corrected chi connectivity index (χ0v) is 22.6. The third-order valence-corrected chi connectivity index (χ3v) is 11.5. The van der Waals surface area contributed by atoms with Crippen molar-refractivity contribution in [3.63, 3.8) is 0 Å². The van der Waals surface area contributed by atoms with Crippen LogP contribution in [0.3, 0.4) is 0 Å². The van der Waals surface area contributed by atoms with Crippen molar-refractivity contribution >= 4 is 5.97 Å². The summed E-state index contributed by atoms with van der Waals surface area (Å²) >= 11 is 0. The van der Waals surface area contributed by atoms with Gasteiger partial charge in [-0.3, -0.25) is 4.79 Å². The highest BCUT2D eigenvalue weighted by atomic mass is 16.4. The van der Waals surface area contributed by atoms with Crippen molar-refractivity contribution in [2.75, 3.05) is 0 Å². The van der Waals surface area contributed by atoms with E-state index < -0.39 is 17.5 Å². The Hall–Kier alpha value is -1.13. The minimum Gasteiger partial charge on any atom is -0.481 e. The van der Waals surface area contributed by atoms with E-state index in [1.54, 1.807) is 31.1 Å². The minimum atomic E-state index is -0.920. The maximum Gasteiger partial charge on any atom is 0.307 e. The molecule has 34 heavy (non-hydrogen) atoms. The number of hydrogen-bond donors (Lipinski definition) is 3. The third kappa shape index (κ3) is 3.74. The molecule has 192 valence electrons. The van der Waals surface area contributed by atoms with Gasteiger partial charge in [0.15, 0.2) is 0 Å². The lowest BCUT2D eigenvalue weighted by molar-refractivity contribution is -0.146. The van der Waals surface area contributed by atoms with Crippen LogP contribution in [-0.4, -0.2) is 33.0 Å². The summed E-state index contributed by atoms with van der Waals surface area (Å²) in [7, 11) is 0. The molecule has 0 bridgehead atoms. The molecule has 3 N–H and O–H groups in total. The van der Waals surface area contributed by atoms with Gasteiger partial charge in [-0.15, -0.1) is 0 Å². The lowest BCUT2D eigenvalue weighted by Crippen LogP contribution is -2.55. The fourth-order valence-corrected chi connectivity index (χ4v) is 9.30. The lowest BCUT2D eigenvalue weighted by atomic mass is 9.43. The normalized spacial score (nSPS) is 42.8. The Balaban J connectivity index is 1.69. The highest BCUT2D eigenvalue weighted by Gasteiger charge is 2.64. The zero-order chi connectivity index (χ0) is 25.3. The summed E-state index contributed by atoms with van der Waals surface area (Å²) in [5.41, 5.74) is 2.51. The number of aliphatic hydroxyl groups is 2. The maximum atomic E-state index is 12.5. The van der Waals surface area contributed by atoms with Crippen molar-refractivity contribution in [1.82, 2.24) is 0 Å². The molecule has 7 atom stereocenters. The van der Waals surface area contributed by atoms with Crippen LogP contribution in [0.15, 0.2) is 23.3 Å². The second kappa shape index (κ2) is 8.20. The number of hydrogen-bond acceptors (Lipinski definition) is 3. The third-order valence-electron chi connectivity index (χ3n) is 11.5. The highest BCUT2D eigenvalue weighted by Crippen LogP contribution is 2.72. The van der Waals surface area contributed by atoms with Gasteiger partial charge in [-0.2, -0.15) is 0 Å². The van der Waals surface area contributed by atoms with Gasteiger partial charge in [0.2, 0.25) is 0 Å². The molecule has 0 aromatic carbocycles. The molecule has 4 heteroatoms. The molecule has 0 aromatic rings. The van der Waals surface area contributed by atoms with Gasteiger partial charge in [-0.25, -0.2) is 0 Å². The fourth-order valence-electron chi connectivity index (χ4n) is 9.30. The first kappa shape index (κ1) is 25.9. The van der Waals surface area contributed by atoms with Gasteiger partial charge >= 0.3 is 5.97 Å². The molecule has 0 amide bonds. The number of allylic oxidation sites excluding steroid dienone is 3. The Bertz CT molecular complexity index is 892. The average molecular weight is 473 g/mol. The van der Waals surface area contributed by atoms with Crippen LogP contribution >= 0.6 is 0 Å². The van der Waals surface area contributed by atoms with Crippen molar-refractivity contribution in [2.45, 2.75) is 118 Å². The second-order valence-corrected chi connectivity index (χ2v) is 14.0. The summed E-state index contributed by atoms with van der Waals surface area (Å²) in [4.78, 5) is 12.5. The summed E-state index contributed by atoms with van der Waals surface area (Å²) in [6.45, 7) is 15.3. The first-order valence-electron chi connectivity index (χ1n) is 13.6. The Morgan fingerprint density at radius 1 is 1.03 bits per heavy atom. The molecule has 0 aromatic heterocycles. The highest BCUT2D eigenvalue weighted by molar-refractivity contribution is 5.71. The molecular weight excluding hydrogens is 424 g/mol. The Morgan fingerprint density at radius 2 is 1.71 bits per heavy atom. The number of aliphatic hydroxyl groups excluding tert-OH is 1. The zero-order valence-electron chi connectivity index (χ0n) is 22.6. The molecule has 4 rings (SSSR count). The minimum absolute atomic E-state index is 0.0235. The molecule has 0 spiro atoms. The monoisotopic (exact) mass is 472 g/mol. The van der Waals surface area contributed by atoms with Crippen LogP contribution in [-0.2, 0) is 4.79 Å². The summed E-state index contributed by atoms with van der Waals surface area (Å²) in [6.07, 6.45) is 12.2. The SMILES string of the molecule is CC(C)(O)/C=C/C[C@@H](C(=O)O)[C@H]1CC[C@@]2(C)C3=C(CC[C@]12C)[C@@]1(C)CC[C@H](O)C(C)(C)[C@H]1CC3. The van der Waals surface area contributed by atoms with E-state index in [0.717, 1.165) is 51.4 Å². The van der Waals surface area contributed by atoms with Crippen LogP contribution in [0.2, 0.25) is 0 Å². The molecule has 2 fully saturated rings. The topological polar surface area (TPSA) is 77.8 Å². The van der Waals surface area contributed by atoms with Crippen molar-refractivity contribution in [3.05, 3.63) is 23.3 Å². The van der Waals surface area contributed by atoms with E-state index in [4.69, 9.17) is 0 Å². The Kier molecular flexibility index (Phi) is 6.26. The number of carboxylic acids is 1. The first-order valence-corrected chi connectivity index (χ1v) is 13.6. The van der Waals surface area contributed by atoms with E-state index in [2.05, 4.69) is 34.6 Å². The van der Waals surface area contributed by atoms with Gasteiger partial charge in [0.05, 0.1) is 17.6 Å². The number of carboxylic acid groups (broad SMARTS) is 1. The van der Waals surface area contributed by atoms with E-state index in [0.29, 0.717) is 12.3 Å². The molecule has 0 saturated heterocycles. The number of carbonyl (C=O) groups is 1. The van der Waals surface area contributed by atoms with Crippen LogP contribution < -0.4 is 0 Å². The predicted molar refractivity (Wildman–Crippen MR) is 136 cm³/mol.